The van der Waals surface area contributed by atoms with E-state index in [1.165, 1.54) is 58.2 Å². The number of hydrogen-bond donors (Lipinski definition) is 2. The van der Waals surface area contributed by atoms with Crippen LogP contribution in [0.25, 0.3) is 0 Å². The molecule has 2 nitrogen and oxygen atoms in total. The number of hydrogen-bond acceptors (Lipinski definition) is 2. The Kier molecular flexibility index (Phi) is 5.11. The van der Waals surface area contributed by atoms with Crippen molar-refractivity contribution in [3.63, 3.8) is 0 Å². The number of nitrogens with one attached hydrogen (secondary N) is 2. The lowest BCUT2D eigenvalue weighted by molar-refractivity contribution is 0.320. The maximum absolute atomic E-state index is 4.14. The summed E-state index contributed by atoms with van der Waals surface area (Å²) in [6.07, 6.45) is 9.47. The van der Waals surface area contributed by atoms with Crippen molar-refractivity contribution in [3.8, 4) is 0 Å². The van der Waals surface area contributed by atoms with Gasteiger partial charge in [-0.05, 0) is 57.2 Å². The van der Waals surface area contributed by atoms with Crippen LogP contribution in [0, 0.1) is 18.8 Å². The van der Waals surface area contributed by atoms with Gasteiger partial charge in [0.15, 0.2) is 0 Å². The van der Waals surface area contributed by atoms with Crippen LogP contribution >= 0.6 is 0 Å². The summed E-state index contributed by atoms with van der Waals surface area (Å²) in [5.41, 5.74) is 0. The van der Waals surface area contributed by atoms with E-state index in [-0.39, 0.29) is 0 Å². The van der Waals surface area contributed by atoms with Crippen molar-refractivity contribution in [1.82, 2.24) is 10.6 Å². The molecule has 2 rings (SSSR count). The average Bonchev–Trinajstić information content (AvgIpc) is 2.96. The maximum Gasteiger partial charge on any atom is 0.00675 e. The minimum Gasteiger partial charge on any atom is -0.316 e. The molecule has 93 valence electrons. The van der Waals surface area contributed by atoms with E-state index >= 15 is 0 Å². The van der Waals surface area contributed by atoms with Crippen molar-refractivity contribution in [2.24, 2.45) is 11.8 Å². The first kappa shape index (κ1) is 12.4. The van der Waals surface area contributed by atoms with Crippen LogP contribution in [-0.2, 0) is 0 Å². The summed E-state index contributed by atoms with van der Waals surface area (Å²) in [5.74, 6) is 1.78. The molecule has 2 aliphatic rings. The molecule has 2 saturated heterocycles. The summed E-state index contributed by atoms with van der Waals surface area (Å²) in [5, 5.41) is 7.07. The van der Waals surface area contributed by atoms with E-state index in [2.05, 4.69) is 17.6 Å². The molecule has 2 fully saturated rings. The second kappa shape index (κ2) is 6.61. The molecule has 16 heavy (non-hydrogen) atoms. The highest BCUT2D eigenvalue weighted by Crippen LogP contribution is 2.27. The zero-order valence-corrected chi connectivity index (χ0v) is 10.5. The Bertz CT molecular complexity index is 181. The molecule has 0 amide bonds. The van der Waals surface area contributed by atoms with Gasteiger partial charge in [-0.25, -0.2) is 0 Å². The molecule has 3 atom stereocenters. The first-order valence-electron chi connectivity index (χ1n) is 7.13. The molecule has 2 heterocycles. The summed E-state index contributed by atoms with van der Waals surface area (Å²) in [6, 6.07) is 0.826. The molecule has 0 aromatic heterocycles. The van der Waals surface area contributed by atoms with Crippen LogP contribution in [0.2, 0.25) is 0 Å². The molecule has 0 aromatic carbocycles. The van der Waals surface area contributed by atoms with Crippen LogP contribution < -0.4 is 10.6 Å². The lowest BCUT2D eigenvalue weighted by Gasteiger charge is -2.22. The topological polar surface area (TPSA) is 24.1 Å². The molecule has 1 radical (unpaired) electrons. The van der Waals surface area contributed by atoms with Crippen LogP contribution in [0.15, 0.2) is 0 Å². The largest absolute Gasteiger partial charge is 0.316 e. The second-order valence-corrected chi connectivity index (χ2v) is 5.53. The SMILES string of the molecule is [CH2]CC(CCCC1CCCN1)C1CCNC1. The third-order valence-electron chi connectivity index (χ3n) is 4.43. The molecule has 0 saturated carbocycles. The van der Waals surface area contributed by atoms with Gasteiger partial charge in [0.05, 0.1) is 0 Å². The van der Waals surface area contributed by atoms with E-state index in [1.807, 2.05) is 0 Å². The Morgan fingerprint density at radius 1 is 1.25 bits per heavy atom. The predicted molar refractivity (Wildman–Crippen MR) is 69.3 cm³/mol. The Hall–Kier alpha value is -0.0800. The van der Waals surface area contributed by atoms with Gasteiger partial charge < -0.3 is 10.6 Å². The standard InChI is InChI=1S/C14H27N2/c1-2-12(13-8-10-15-11-13)5-3-6-14-7-4-9-16-14/h12-16H,1-11H2. The van der Waals surface area contributed by atoms with Crippen LogP contribution in [0.5, 0.6) is 0 Å². The molecular formula is C14H27N2. The van der Waals surface area contributed by atoms with E-state index in [9.17, 15) is 0 Å². The van der Waals surface area contributed by atoms with E-state index in [0.29, 0.717) is 0 Å². The van der Waals surface area contributed by atoms with Gasteiger partial charge in [-0.3, -0.25) is 0 Å². The zero-order valence-electron chi connectivity index (χ0n) is 10.5. The molecule has 2 heteroatoms. The van der Waals surface area contributed by atoms with Gasteiger partial charge in [0.1, 0.15) is 0 Å². The summed E-state index contributed by atoms with van der Waals surface area (Å²) < 4.78 is 0. The van der Waals surface area contributed by atoms with Gasteiger partial charge in [0, 0.05) is 6.04 Å². The first-order valence-corrected chi connectivity index (χ1v) is 7.13. The Morgan fingerprint density at radius 2 is 2.19 bits per heavy atom. The fourth-order valence-corrected chi connectivity index (χ4v) is 3.32. The van der Waals surface area contributed by atoms with E-state index in [0.717, 1.165) is 24.3 Å². The third kappa shape index (κ3) is 3.46. The van der Waals surface area contributed by atoms with Gasteiger partial charge in [-0.2, -0.15) is 0 Å². The van der Waals surface area contributed by atoms with Gasteiger partial charge in [-0.1, -0.05) is 26.2 Å². The van der Waals surface area contributed by atoms with Crippen molar-refractivity contribution in [3.05, 3.63) is 6.92 Å². The quantitative estimate of drug-likeness (QED) is 0.722. The monoisotopic (exact) mass is 223 g/mol. The first-order chi connectivity index (χ1) is 7.90. The zero-order chi connectivity index (χ0) is 11.2. The van der Waals surface area contributed by atoms with Crippen LogP contribution in [-0.4, -0.2) is 25.7 Å². The number of rotatable bonds is 6. The summed E-state index contributed by atoms with van der Waals surface area (Å²) in [7, 11) is 0. The summed E-state index contributed by atoms with van der Waals surface area (Å²) in [4.78, 5) is 0. The fraction of sp³-hybridized carbons (Fsp3) is 0.929. The van der Waals surface area contributed by atoms with Crippen molar-refractivity contribution >= 4 is 0 Å². The Morgan fingerprint density at radius 3 is 2.81 bits per heavy atom. The molecule has 2 aliphatic heterocycles. The molecule has 0 spiro atoms. The van der Waals surface area contributed by atoms with E-state index in [1.54, 1.807) is 0 Å². The van der Waals surface area contributed by atoms with Crippen molar-refractivity contribution in [1.29, 1.82) is 0 Å². The highest BCUT2D eigenvalue weighted by molar-refractivity contribution is 4.80. The maximum atomic E-state index is 4.14. The van der Waals surface area contributed by atoms with E-state index < -0.39 is 0 Å². The third-order valence-corrected chi connectivity index (χ3v) is 4.43. The molecule has 0 aromatic rings. The molecule has 3 unspecified atom stereocenters. The fourth-order valence-electron chi connectivity index (χ4n) is 3.32. The second-order valence-electron chi connectivity index (χ2n) is 5.53. The van der Waals surface area contributed by atoms with E-state index in [4.69, 9.17) is 0 Å². The van der Waals surface area contributed by atoms with Crippen LogP contribution in [0.4, 0.5) is 0 Å². The highest BCUT2D eigenvalue weighted by atomic mass is 14.9. The summed E-state index contributed by atoms with van der Waals surface area (Å²) in [6.45, 7) is 7.85. The molecule has 0 bridgehead atoms. The molecule has 2 N–H and O–H groups in total. The summed E-state index contributed by atoms with van der Waals surface area (Å²) >= 11 is 0. The van der Waals surface area contributed by atoms with Crippen molar-refractivity contribution < 1.29 is 0 Å². The van der Waals surface area contributed by atoms with Gasteiger partial charge in [-0.15, -0.1) is 0 Å². The van der Waals surface area contributed by atoms with Gasteiger partial charge in [0.2, 0.25) is 0 Å². The van der Waals surface area contributed by atoms with Crippen LogP contribution in [0.1, 0.15) is 44.9 Å². The minimum absolute atomic E-state index is 0.826. The predicted octanol–water partition coefficient (Wildman–Crippen LogP) is 2.36. The highest BCUT2D eigenvalue weighted by Gasteiger charge is 2.23. The smallest absolute Gasteiger partial charge is 0.00675 e. The lowest BCUT2D eigenvalue weighted by atomic mass is 9.85. The Balaban J connectivity index is 1.62. The van der Waals surface area contributed by atoms with Crippen molar-refractivity contribution in [2.45, 2.75) is 51.0 Å². The average molecular weight is 223 g/mol. The van der Waals surface area contributed by atoms with Gasteiger partial charge >= 0.3 is 0 Å². The lowest BCUT2D eigenvalue weighted by Crippen LogP contribution is -2.22. The van der Waals surface area contributed by atoms with Crippen LogP contribution in [0.3, 0.4) is 0 Å². The van der Waals surface area contributed by atoms with Gasteiger partial charge in [0.25, 0.3) is 0 Å². The molecule has 0 aliphatic carbocycles. The van der Waals surface area contributed by atoms with Crippen molar-refractivity contribution in [2.75, 3.05) is 19.6 Å². The Labute approximate surface area is 101 Å². The normalized spacial score (nSPS) is 32.1. The molecular weight excluding hydrogens is 196 g/mol. The minimum atomic E-state index is 0.826.